The highest BCUT2D eigenvalue weighted by Gasteiger charge is 2.37. The third kappa shape index (κ3) is 4.18. The summed E-state index contributed by atoms with van der Waals surface area (Å²) in [6.45, 7) is 1.75. The van der Waals surface area contributed by atoms with Crippen molar-refractivity contribution in [3.63, 3.8) is 0 Å². The van der Waals surface area contributed by atoms with E-state index in [1.165, 1.54) is 30.6 Å². The van der Waals surface area contributed by atoms with Crippen molar-refractivity contribution in [2.45, 2.75) is 12.2 Å². The normalized spacial score (nSPS) is 17.0. The summed E-state index contributed by atoms with van der Waals surface area (Å²) >= 11 is 0. The first-order valence-electron chi connectivity index (χ1n) is 9.50. The van der Waals surface area contributed by atoms with Crippen LogP contribution in [0.15, 0.2) is 67.0 Å². The molecule has 0 spiro atoms. The number of aromatic nitrogens is 2. The number of carbonyl (C=O) groups is 1. The van der Waals surface area contributed by atoms with Crippen LogP contribution in [0.25, 0.3) is 0 Å². The van der Waals surface area contributed by atoms with Crippen LogP contribution in [0.4, 0.5) is 19.0 Å². The van der Waals surface area contributed by atoms with Gasteiger partial charge in [0.1, 0.15) is 11.5 Å². The molecule has 1 saturated heterocycles. The molecule has 4 rings (SSSR count). The quantitative estimate of drug-likeness (QED) is 0.659. The molecule has 1 N–H and O–H groups in total. The maximum atomic E-state index is 13.6. The van der Waals surface area contributed by atoms with Gasteiger partial charge < -0.3 is 10.2 Å². The fourth-order valence-corrected chi connectivity index (χ4v) is 3.53. The van der Waals surface area contributed by atoms with E-state index in [0.29, 0.717) is 25.5 Å². The first kappa shape index (κ1) is 20.0. The minimum absolute atomic E-state index is 0.0153. The lowest BCUT2D eigenvalue weighted by atomic mass is 10.0. The van der Waals surface area contributed by atoms with E-state index < -0.39 is 23.2 Å². The highest BCUT2D eigenvalue weighted by atomic mass is 19.4. The number of alkyl halides is 3. The summed E-state index contributed by atoms with van der Waals surface area (Å²) in [4.78, 5) is 22.7. The monoisotopic (exact) mass is 412 g/mol. The number of hydrogen-bond acceptors (Lipinski definition) is 5. The van der Waals surface area contributed by atoms with Gasteiger partial charge in [0.15, 0.2) is 0 Å². The Morgan fingerprint density at radius 3 is 2.57 bits per heavy atom. The molecule has 1 aromatic carbocycles. The molecular weight excluding hydrogens is 393 g/mol. The van der Waals surface area contributed by atoms with Gasteiger partial charge in [-0.05, 0) is 29.8 Å². The zero-order chi connectivity index (χ0) is 21.1. The highest BCUT2D eigenvalue weighted by molar-refractivity contribution is 6.08. The Morgan fingerprint density at radius 2 is 1.87 bits per heavy atom. The lowest BCUT2D eigenvalue weighted by Gasteiger charge is -2.35. The molecule has 0 aliphatic carbocycles. The number of benzene rings is 1. The van der Waals surface area contributed by atoms with Crippen LogP contribution in [0.1, 0.15) is 33.2 Å². The van der Waals surface area contributed by atoms with Crippen LogP contribution in [-0.4, -0.2) is 35.4 Å². The van der Waals surface area contributed by atoms with Crippen molar-refractivity contribution in [2.24, 2.45) is 0 Å². The standard InChI is InChI=1S/C22H19F3N4O/c23-22(24,25)17-8-9-19(28-20(17)21(30)16-7-4-10-26-13-16)29-12-11-27-18(14-29)15-5-2-1-3-6-15/h1-10,13,18,27H,11-12,14H2/t18-/m1/s1. The average Bonchev–Trinajstić information content (AvgIpc) is 2.79. The molecule has 3 aromatic rings. The van der Waals surface area contributed by atoms with Crippen molar-refractivity contribution in [2.75, 3.05) is 24.5 Å². The second-order valence-electron chi connectivity index (χ2n) is 7.00. The van der Waals surface area contributed by atoms with Crippen molar-refractivity contribution < 1.29 is 18.0 Å². The number of nitrogens with one attached hydrogen (secondary N) is 1. The predicted molar refractivity (Wildman–Crippen MR) is 106 cm³/mol. The molecular formula is C22H19F3N4O. The Bertz CT molecular complexity index is 1030. The Morgan fingerprint density at radius 1 is 1.07 bits per heavy atom. The molecule has 0 saturated carbocycles. The number of anilines is 1. The Labute approximate surface area is 171 Å². The van der Waals surface area contributed by atoms with E-state index in [0.717, 1.165) is 11.6 Å². The summed E-state index contributed by atoms with van der Waals surface area (Å²) in [7, 11) is 0. The molecule has 1 aliphatic heterocycles. The topological polar surface area (TPSA) is 58.1 Å². The minimum atomic E-state index is -4.69. The van der Waals surface area contributed by atoms with Crippen molar-refractivity contribution in [1.82, 2.24) is 15.3 Å². The third-order valence-electron chi connectivity index (χ3n) is 5.03. The van der Waals surface area contributed by atoms with Crippen LogP contribution >= 0.6 is 0 Å². The molecule has 5 nitrogen and oxygen atoms in total. The predicted octanol–water partition coefficient (Wildman–Crippen LogP) is 3.88. The number of halogens is 3. The van der Waals surface area contributed by atoms with E-state index in [1.54, 1.807) is 0 Å². The van der Waals surface area contributed by atoms with Crippen molar-refractivity contribution in [3.05, 3.63) is 89.4 Å². The van der Waals surface area contributed by atoms with Gasteiger partial charge in [0, 0.05) is 43.6 Å². The Balaban J connectivity index is 1.68. The number of ketones is 1. The molecule has 0 bridgehead atoms. The lowest BCUT2D eigenvalue weighted by molar-refractivity contribution is -0.138. The maximum absolute atomic E-state index is 13.6. The molecule has 0 unspecified atom stereocenters. The molecule has 0 radical (unpaired) electrons. The first-order valence-corrected chi connectivity index (χ1v) is 9.50. The summed E-state index contributed by atoms with van der Waals surface area (Å²) in [5.74, 6) is -0.454. The lowest BCUT2D eigenvalue weighted by Crippen LogP contribution is -2.46. The van der Waals surface area contributed by atoms with Gasteiger partial charge in [0.2, 0.25) is 5.78 Å². The molecule has 1 atom stereocenters. The first-order chi connectivity index (χ1) is 14.4. The van der Waals surface area contributed by atoms with E-state index in [9.17, 15) is 18.0 Å². The van der Waals surface area contributed by atoms with Crippen molar-refractivity contribution >= 4 is 11.6 Å². The van der Waals surface area contributed by atoms with Gasteiger partial charge in [0.25, 0.3) is 0 Å². The van der Waals surface area contributed by atoms with Gasteiger partial charge >= 0.3 is 6.18 Å². The minimum Gasteiger partial charge on any atom is -0.353 e. The number of nitrogens with zero attached hydrogens (tertiary/aromatic N) is 3. The summed E-state index contributed by atoms with van der Waals surface area (Å²) in [5, 5.41) is 3.41. The van der Waals surface area contributed by atoms with E-state index in [4.69, 9.17) is 0 Å². The van der Waals surface area contributed by atoms with Gasteiger partial charge in [-0.1, -0.05) is 30.3 Å². The molecule has 8 heteroatoms. The van der Waals surface area contributed by atoms with Gasteiger partial charge in [-0.2, -0.15) is 13.2 Å². The number of carbonyl (C=O) groups excluding carboxylic acids is 1. The Hall–Kier alpha value is -3.26. The average molecular weight is 412 g/mol. The maximum Gasteiger partial charge on any atom is 0.418 e. The van der Waals surface area contributed by atoms with Crippen LogP contribution < -0.4 is 10.2 Å². The molecule has 0 amide bonds. The molecule has 1 aliphatic rings. The van der Waals surface area contributed by atoms with E-state index in [-0.39, 0.29) is 11.6 Å². The van der Waals surface area contributed by atoms with E-state index >= 15 is 0 Å². The van der Waals surface area contributed by atoms with Gasteiger partial charge in [-0.25, -0.2) is 4.98 Å². The smallest absolute Gasteiger partial charge is 0.353 e. The SMILES string of the molecule is O=C(c1cccnc1)c1nc(N2CCN[C@@H](c3ccccc3)C2)ccc1C(F)(F)F. The largest absolute Gasteiger partial charge is 0.418 e. The number of hydrogen-bond donors (Lipinski definition) is 1. The second-order valence-corrected chi connectivity index (χ2v) is 7.00. The fraction of sp³-hybridized carbons (Fsp3) is 0.227. The van der Waals surface area contributed by atoms with Gasteiger partial charge in [-0.3, -0.25) is 9.78 Å². The van der Waals surface area contributed by atoms with Gasteiger partial charge in [-0.15, -0.1) is 0 Å². The summed E-state index contributed by atoms with van der Waals surface area (Å²) in [5.41, 5.74) is -0.506. The fourth-order valence-electron chi connectivity index (χ4n) is 3.53. The van der Waals surface area contributed by atoms with Crippen LogP contribution in [0.5, 0.6) is 0 Å². The van der Waals surface area contributed by atoms with Crippen LogP contribution in [0.2, 0.25) is 0 Å². The van der Waals surface area contributed by atoms with Gasteiger partial charge in [0.05, 0.1) is 5.56 Å². The summed E-state index contributed by atoms with van der Waals surface area (Å²) in [6, 6.07) is 15.0. The number of pyridine rings is 2. The Kier molecular flexibility index (Phi) is 5.50. The third-order valence-corrected chi connectivity index (χ3v) is 5.03. The molecule has 3 heterocycles. The summed E-state index contributed by atoms with van der Waals surface area (Å²) < 4.78 is 40.7. The molecule has 154 valence electrons. The van der Waals surface area contributed by atoms with E-state index in [2.05, 4.69) is 15.3 Å². The van der Waals surface area contributed by atoms with E-state index in [1.807, 2.05) is 35.2 Å². The highest BCUT2D eigenvalue weighted by Crippen LogP contribution is 2.34. The zero-order valence-corrected chi connectivity index (χ0v) is 15.9. The van der Waals surface area contributed by atoms with Crippen molar-refractivity contribution in [1.29, 1.82) is 0 Å². The van der Waals surface area contributed by atoms with Crippen molar-refractivity contribution in [3.8, 4) is 0 Å². The molecule has 2 aromatic heterocycles. The van der Waals surface area contributed by atoms with Crippen LogP contribution in [-0.2, 0) is 6.18 Å². The molecule has 1 fully saturated rings. The number of piperazine rings is 1. The zero-order valence-electron chi connectivity index (χ0n) is 15.9. The molecule has 30 heavy (non-hydrogen) atoms. The van der Waals surface area contributed by atoms with Crippen LogP contribution in [0, 0.1) is 0 Å². The second kappa shape index (κ2) is 8.23. The number of rotatable bonds is 4. The summed E-state index contributed by atoms with van der Waals surface area (Å²) in [6.07, 6.45) is -1.99. The van der Waals surface area contributed by atoms with Crippen LogP contribution in [0.3, 0.4) is 0 Å².